The molecule has 0 aliphatic heterocycles. The van der Waals surface area contributed by atoms with Crippen LogP contribution in [-0.2, 0) is 11.3 Å². The quantitative estimate of drug-likeness (QED) is 0.803. The van der Waals surface area contributed by atoms with Crippen molar-refractivity contribution in [2.45, 2.75) is 51.1 Å². The normalized spacial score (nSPS) is 15.8. The highest BCUT2D eigenvalue weighted by Crippen LogP contribution is 2.30. The average Bonchev–Trinajstić information content (AvgIpc) is 3.04. The van der Waals surface area contributed by atoms with Crippen molar-refractivity contribution in [1.29, 1.82) is 0 Å². The highest BCUT2D eigenvalue weighted by Gasteiger charge is 2.43. The molecule has 0 unspecified atom stereocenters. The van der Waals surface area contributed by atoms with E-state index in [1.807, 2.05) is 31.2 Å². The van der Waals surface area contributed by atoms with Gasteiger partial charge < -0.3 is 20.1 Å². The fraction of sp³-hybridized carbons (Fsp3) is 0.556. The van der Waals surface area contributed by atoms with E-state index >= 15 is 0 Å². The fourth-order valence-corrected chi connectivity index (χ4v) is 3.17. The summed E-state index contributed by atoms with van der Waals surface area (Å²) in [5, 5.41) is 12.3. The van der Waals surface area contributed by atoms with Crippen molar-refractivity contribution in [3.63, 3.8) is 0 Å². The molecule has 0 atom stereocenters. The van der Waals surface area contributed by atoms with E-state index < -0.39 is 11.5 Å². The predicted octanol–water partition coefficient (Wildman–Crippen LogP) is 3.01. The fourth-order valence-electron chi connectivity index (χ4n) is 3.17. The number of ether oxygens (including phenoxy) is 1. The first-order valence-corrected chi connectivity index (χ1v) is 8.44. The van der Waals surface area contributed by atoms with Gasteiger partial charge in [0, 0.05) is 13.1 Å². The minimum atomic E-state index is -1.11. The molecule has 1 saturated carbocycles. The molecule has 0 saturated heterocycles. The number of carboxylic acids is 1. The highest BCUT2D eigenvalue weighted by atomic mass is 16.5. The van der Waals surface area contributed by atoms with Crippen LogP contribution in [0.5, 0.6) is 5.75 Å². The molecule has 6 nitrogen and oxygen atoms in total. The summed E-state index contributed by atoms with van der Waals surface area (Å²) in [4.78, 5) is 26.0. The zero-order valence-electron chi connectivity index (χ0n) is 14.4. The van der Waals surface area contributed by atoms with Gasteiger partial charge in [0.25, 0.3) is 0 Å². The standard InChI is InChI=1S/C18H26N2O4/c1-3-11-20(13-14-7-6-8-15(12-14)24-2)17(23)19-18(16(21)22)9-4-5-10-18/h6-8,12H,3-5,9-11,13H2,1-2H3,(H,19,23)(H,21,22). The minimum Gasteiger partial charge on any atom is -0.497 e. The van der Waals surface area contributed by atoms with Gasteiger partial charge in [-0.05, 0) is 37.0 Å². The number of methoxy groups -OCH3 is 1. The first kappa shape index (κ1) is 18.1. The lowest BCUT2D eigenvalue weighted by Crippen LogP contribution is -2.56. The van der Waals surface area contributed by atoms with E-state index in [0.717, 1.165) is 30.6 Å². The summed E-state index contributed by atoms with van der Waals surface area (Å²) in [6.07, 6.45) is 3.45. The first-order chi connectivity index (χ1) is 11.5. The third-order valence-electron chi connectivity index (χ3n) is 4.50. The molecule has 1 aromatic carbocycles. The number of rotatable bonds is 7. The molecule has 1 aromatic rings. The third kappa shape index (κ3) is 4.19. The molecule has 0 aromatic heterocycles. The van der Waals surface area contributed by atoms with Gasteiger partial charge in [0.2, 0.25) is 0 Å². The van der Waals surface area contributed by atoms with Crippen LogP contribution >= 0.6 is 0 Å². The van der Waals surface area contributed by atoms with Crippen molar-refractivity contribution in [1.82, 2.24) is 10.2 Å². The number of nitrogens with zero attached hydrogens (tertiary/aromatic N) is 1. The van der Waals surface area contributed by atoms with Crippen LogP contribution in [0.4, 0.5) is 4.79 Å². The monoisotopic (exact) mass is 334 g/mol. The Balaban J connectivity index is 2.11. The van der Waals surface area contributed by atoms with Crippen molar-refractivity contribution >= 4 is 12.0 Å². The third-order valence-corrected chi connectivity index (χ3v) is 4.50. The Bertz CT molecular complexity index is 582. The number of carbonyl (C=O) groups excluding carboxylic acids is 1. The number of carbonyl (C=O) groups is 2. The molecule has 2 amide bonds. The molecule has 24 heavy (non-hydrogen) atoms. The number of amides is 2. The van der Waals surface area contributed by atoms with Gasteiger partial charge in [-0.1, -0.05) is 31.9 Å². The molecule has 1 aliphatic carbocycles. The molecule has 0 heterocycles. The van der Waals surface area contributed by atoms with E-state index in [2.05, 4.69) is 5.32 Å². The molecular formula is C18H26N2O4. The van der Waals surface area contributed by atoms with Crippen molar-refractivity contribution in [3.8, 4) is 5.75 Å². The van der Waals surface area contributed by atoms with Crippen LogP contribution in [0.1, 0.15) is 44.6 Å². The minimum absolute atomic E-state index is 0.316. The summed E-state index contributed by atoms with van der Waals surface area (Å²) in [5.41, 5.74) is -0.161. The van der Waals surface area contributed by atoms with Crippen LogP contribution in [0.25, 0.3) is 0 Å². The Hall–Kier alpha value is -2.24. The Morgan fingerprint density at radius 3 is 2.62 bits per heavy atom. The maximum Gasteiger partial charge on any atom is 0.329 e. The van der Waals surface area contributed by atoms with E-state index in [1.165, 1.54) is 0 Å². The van der Waals surface area contributed by atoms with Crippen LogP contribution in [0.3, 0.4) is 0 Å². The smallest absolute Gasteiger partial charge is 0.329 e. The molecule has 0 spiro atoms. The number of hydrogen-bond acceptors (Lipinski definition) is 3. The second-order valence-corrected chi connectivity index (χ2v) is 6.30. The van der Waals surface area contributed by atoms with Crippen LogP contribution in [-0.4, -0.2) is 41.2 Å². The Morgan fingerprint density at radius 2 is 2.04 bits per heavy atom. The summed E-state index contributed by atoms with van der Waals surface area (Å²) >= 11 is 0. The maximum atomic E-state index is 12.7. The van der Waals surface area contributed by atoms with Crippen LogP contribution in [0.2, 0.25) is 0 Å². The molecule has 2 N–H and O–H groups in total. The van der Waals surface area contributed by atoms with Gasteiger partial charge in [0.05, 0.1) is 7.11 Å². The zero-order valence-corrected chi connectivity index (χ0v) is 14.4. The molecule has 132 valence electrons. The first-order valence-electron chi connectivity index (χ1n) is 8.44. The summed E-state index contributed by atoms with van der Waals surface area (Å²) in [6, 6.07) is 7.24. The molecule has 0 bridgehead atoms. The molecule has 1 fully saturated rings. The maximum absolute atomic E-state index is 12.7. The summed E-state index contributed by atoms with van der Waals surface area (Å²) in [5.74, 6) is -0.201. The van der Waals surface area contributed by atoms with Crippen molar-refractivity contribution in [3.05, 3.63) is 29.8 Å². The predicted molar refractivity (Wildman–Crippen MR) is 91.1 cm³/mol. The van der Waals surface area contributed by atoms with Crippen LogP contribution in [0, 0.1) is 0 Å². The topological polar surface area (TPSA) is 78.9 Å². The van der Waals surface area contributed by atoms with Gasteiger partial charge in [-0.3, -0.25) is 0 Å². The summed E-state index contributed by atoms with van der Waals surface area (Å²) < 4.78 is 5.22. The molecule has 0 radical (unpaired) electrons. The van der Waals surface area contributed by atoms with E-state index in [9.17, 15) is 14.7 Å². The van der Waals surface area contributed by atoms with Crippen molar-refractivity contribution in [2.75, 3.05) is 13.7 Å². The zero-order chi connectivity index (χ0) is 17.6. The lowest BCUT2D eigenvalue weighted by atomic mass is 9.98. The Morgan fingerprint density at radius 1 is 1.33 bits per heavy atom. The Labute approximate surface area is 142 Å². The van der Waals surface area contributed by atoms with Gasteiger partial charge in [0.1, 0.15) is 11.3 Å². The second-order valence-electron chi connectivity index (χ2n) is 6.30. The van der Waals surface area contributed by atoms with Crippen LogP contribution in [0.15, 0.2) is 24.3 Å². The number of benzene rings is 1. The van der Waals surface area contributed by atoms with Gasteiger partial charge in [0.15, 0.2) is 0 Å². The van der Waals surface area contributed by atoms with Crippen LogP contribution < -0.4 is 10.1 Å². The number of urea groups is 1. The number of nitrogens with one attached hydrogen (secondary N) is 1. The average molecular weight is 334 g/mol. The van der Waals surface area contributed by atoms with Gasteiger partial charge in [-0.2, -0.15) is 0 Å². The van der Waals surface area contributed by atoms with Gasteiger partial charge in [-0.25, -0.2) is 9.59 Å². The summed E-state index contributed by atoms with van der Waals surface area (Å²) in [7, 11) is 1.60. The highest BCUT2D eigenvalue weighted by molar-refractivity contribution is 5.86. The lowest BCUT2D eigenvalue weighted by molar-refractivity contribution is -0.144. The van der Waals surface area contributed by atoms with E-state index in [1.54, 1.807) is 12.0 Å². The molecule has 1 aliphatic rings. The number of aliphatic carboxylic acids is 1. The molecule has 6 heteroatoms. The van der Waals surface area contributed by atoms with Crippen molar-refractivity contribution < 1.29 is 19.4 Å². The van der Waals surface area contributed by atoms with Gasteiger partial charge in [-0.15, -0.1) is 0 Å². The number of carboxylic acid groups (broad SMARTS) is 1. The van der Waals surface area contributed by atoms with E-state index in [0.29, 0.717) is 25.9 Å². The van der Waals surface area contributed by atoms with E-state index in [4.69, 9.17) is 4.74 Å². The van der Waals surface area contributed by atoms with E-state index in [-0.39, 0.29) is 6.03 Å². The lowest BCUT2D eigenvalue weighted by Gasteiger charge is -2.30. The second kappa shape index (κ2) is 8.04. The summed E-state index contributed by atoms with van der Waals surface area (Å²) in [6.45, 7) is 2.99. The van der Waals surface area contributed by atoms with Gasteiger partial charge >= 0.3 is 12.0 Å². The Kier molecular flexibility index (Phi) is 6.06. The molecular weight excluding hydrogens is 308 g/mol. The number of hydrogen-bond donors (Lipinski definition) is 2. The van der Waals surface area contributed by atoms with Crippen molar-refractivity contribution in [2.24, 2.45) is 0 Å². The largest absolute Gasteiger partial charge is 0.497 e. The SMILES string of the molecule is CCCN(Cc1cccc(OC)c1)C(=O)NC1(C(=O)O)CCCC1. The molecule has 2 rings (SSSR count).